The van der Waals surface area contributed by atoms with Gasteiger partial charge in [0.05, 0.1) is 17.8 Å². The van der Waals surface area contributed by atoms with Crippen molar-refractivity contribution in [3.8, 4) is 0 Å². The zero-order valence-electron chi connectivity index (χ0n) is 13.5. The lowest BCUT2D eigenvalue weighted by atomic mass is 10.0. The minimum absolute atomic E-state index is 0.0229. The average Bonchev–Trinajstić information content (AvgIpc) is 3.19. The predicted molar refractivity (Wildman–Crippen MR) is 111 cm³/mol. The molecule has 0 amide bonds. The summed E-state index contributed by atoms with van der Waals surface area (Å²) in [4.78, 5) is 8.09. The molecule has 1 saturated heterocycles. The predicted octanol–water partition coefficient (Wildman–Crippen LogP) is 5.39. The molecule has 1 fully saturated rings. The van der Waals surface area contributed by atoms with Gasteiger partial charge in [-0.05, 0) is 72.5 Å². The van der Waals surface area contributed by atoms with Crippen LogP contribution in [0.25, 0.3) is 0 Å². The van der Waals surface area contributed by atoms with E-state index in [0.29, 0.717) is 0 Å². The Balaban J connectivity index is 1.83. The number of aryl methyl sites for hydroxylation is 1. The Morgan fingerprint density at radius 2 is 1.96 bits per heavy atom. The number of nitrogens with one attached hydrogen (secondary N) is 1. The van der Waals surface area contributed by atoms with Crippen LogP contribution >= 0.6 is 39.5 Å². The number of aromatic nitrogens is 1. The van der Waals surface area contributed by atoms with Crippen molar-refractivity contribution in [2.24, 2.45) is 0 Å². The molecular weight excluding hydrogens is 414 g/mol. The molecule has 0 radical (unpaired) electrons. The minimum atomic E-state index is 0.0229. The second-order valence-electron chi connectivity index (χ2n) is 5.94. The number of anilines is 1. The van der Waals surface area contributed by atoms with E-state index in [1.165, 1.54) is 10.4 Å². The first-order valence-corrected chi connectivity index (χ1v) is 10.0. The summed E-state index contributed by atoms with van der Waals surface area (Å²) in [5, 5.41) is 6.36. The lowest BCUT2D eigenvalue weighted by Crippen LogP contribution is -2.29. The molecule has 1 N–H and O–H groups in total. The van der Waals surface area contributed by atoms with E-state index < -0.39 is 0 Å². The lowest BCUT2D eigenvalue weighted by molar-refractivity contribution is 0.573. The van der Waals surface area contributed by atoms with Crippen LogP contribution in [0.3, 0.4) is 0 Å². The summed E-state index contributed by atoms with van der Waals surface area (Å²) in [7, 11) is 0. The smallest absolute Gasteiger partial charge is 0.174 e. The van der Waals surface area contributed by atoms with E-state index in [-0.39, 0.29) is 12.1 Å². The van der Waals surface area contributed by atoms with Crippen LogP contribution < -0.4 is 10.2 Å². The van der Waals surface area contributed by atoms with E-state index in [4.69, 9.17) is 12.2 Å². The molecular formula is C19H16BrN3S2. The Labute approximate surface area is 164 Å². The molecule has 2 aromatic heterocycles. The fourth-order valence-corrected chi connectivity index (χ4v) is 4.85. The van der Waals surface area contributed by atoms with E-state index in [2.05, 4.69) is 67.7 Å². The number of halogens is 1. The molecule has 3 heterocycles. The molecule has 3 aromatic rings. The SMILES string of the molecule is Cc1ccsc1[C@@H]1[C@@H](c2ccccn2)NC(=S)N1c1ccc(Br)cc1. The highest BCUT2D eigenvalue weighted by atomic mass is 79.9. The fourth-order valence-electron chi connectivity index (χ4n) is 3.19. The van der Waals surface area contributed by atoms with Crippen molar-refractivity contribution in [3.05, 3.63) is 80.7 Å². The fraction of sp³-hybridized carbons (Fsp3) is 0.158. The van der Waals surface area contributed by atoms with Crippen LogP contribution in [0.1, 0.15) is 28.2 Å². The summed E-state index contributed by atoms with van der Waals surface area (Å²) in [5.41, 5.74) is 3.36. The summed E-state index contributed by atoms with van der Waals surface area (Å²) < 4.78 is 1.06. The molecule has 3 nitrogen and oxygen atoms in total. The van der Waals surface area contributed by atoms with E-state index in [1.807, 2.05) is 30.5 Å². The summed E-state index contributed by atoms with van der Waals surface area (Å²) in [6.07, 6.45) is 1.83. The first-order chi connectivity index (χ1) is 12.1. The van der Waals surface area contributed by atoms with Gasteiger partial charge in [-0.2, -0.15) is 0 Å². The second-order valence-corrected chi connectivity index (χ2v) is 8.19. The summed E-state index contributed by atoms with van der Waals surface area (Å²) in [5.74, 6) is 0. The van der Waals surface area contributed by atoms with Gasteiger partial charge in [0.1, 0.15) is 0 Å². The third-order valence-corrected chi connectivity index (χ3v) is 6.31. The third kappa shape index (κ3) is 3.10. The highest BCUT2D eigenvalue weighted by Crippen LogP contribution is 2.44. The molecule has 0 saturated carbocycles. The number of hydrogen-bond donors (Lipinski definition) is 1. The molecule has 2 atom stereocenters. The van der Waals surface area contributed by atoms with Crippen LogP contribution in [0, 0.1) is 6.92 Å². The number of benzene rings is 1. The van der Waals surface area contributed by atoms with Gasteiger partial charge in [0, 0.05) is 21.2 Å². The van der Waals surface area contributed by atoms with Crippen molar-refractivity contribution in [1.82, 2.24) is 10.3 Å². The number of thiocarbonyl (C=S) groups is 1. The van der Waals surface area contributed by atoms with Gasteiger partial charge in [-0.15, -0.1) is 11.3 Å². The van der Waals surface area contributed by atoms with Gasteiger partial charge in [-0.3, -0.25) is 4.98 Å². The summed E-state index contributed by atoms with van der Waals surface area (Å²) in [6.45, 7) is 2.16. The molecule has 0 spiro atoms. The number of rotatable bonds is 3. The Bertz CT molecular complexity index is 893. The van der Waals surface area contributed by atoms with Crippen molar-refractivity contribution < 1.29 is 0 Å². The molecule has 6 heteroatoms. The largest absolute Gasteiger partial charge is 0.351 e. The van der Waals surface area contributed by atoms with Gasteiger partial charge < -0.3 is 10.2 Å². The molecule has 1 aliphatic rings. The number of hydrogen-bond acceptors (Lipinski definition) is 3. The van der Waals surface area contributed by atoms with Crippen molar-refractivity contribution in [2.75, 3.05) is 4.90 Å². The van der Waals surface area contributed by atoms with Gasteiger partial charge in [0.25, 0.3) is 0 Å². The van der Waals surface area contributed by atoms with Crippen molar-refractivity contribution in [3.63, 3.8) is 0 Å². The van der Waals surface area contributed by atoms with Gasteiger partial charge in [-0.25, -0.2) is 0 Å². The maximum absolute atomic E-state index is 5.71. The number of thiophene rings is 1. The molecule has 0 aliphatic carbocycles. The topological polar surface area (TPSA) is 28.2 Å². The molecule has 1 aliphatic heterocycles. The summed E-state index contributed by atoms with van der Waals surface area (Å²) in [6, 6.07) is 16.6. The van der Waals surface area contributed by atoms with Crippen molar-refractivity contribution in [2.45, 2.75) is 19.0 Å². The molecule has 0 unspecified atom stereocenters. The van der Waals surface area contributed by atoms with Crippen LogP contribution in [-0.4, -0.2) is 10.1 Å². The first kappa shape index (κ1) is 16.7. The molecule has 25 heavy (non-hydrogen) atoms. The normalized spacial score (nSPS) is 19.9. The van der Waals surface area contributed by atoms with Crippen LogP contribution in [0.2, 0.25) is 0 Å². The maximum atomic E-state index is 5.71. The summed E-state index contributed by atoms with van der Waals surface area (Å²) >= 11 is 11.0. The van der Waals surface area contributed by atoms with Crippen LogP contribution in [0.15, 0.2) is 64.6 Å². The molecule has 4 rings (SSSR count). The standard InChI is InChI=1S/C19H16BrN3S2/c1-12-9-11-25-18(12)17-16(15-4-2-3-10-21-15)22-19(24)23(17)14-7-5-13(20)6-8-14/h2-11,16-17H,1H3,(H,22,24)/t16-,17+/m1/s1. The number of pyridine rings is 1. The minimum Gasteiger partial charge on any atom is -0.351 e. The van der Waals surface area contributed by atoms with Gasteiger partial charge >= 0.3 is 0 Å². The van der Waals surface area contributed by atoms with Crippen molar-refractivity contribution in [1.29, 1.82) is 0 Å². The molecule has 1 aromatic carbocycles. The Morgan fingerprint density at radius 3 is 2.60 bits per heavy atom. The zero-order chi connectivity index (χ0) is 17.4. The van der Waals surface area contributed by atoms with Gasteiger partial charge in [-0.1, -0.05) is 22.0 Å². The first-order valence-electron chi connectivity index (χ1n) is 7.95. The van der Waals surface area contributed by atoms with Gasteiger partial charge in [0.2, 0.25) is 0 Å². The zero-order valence-corrected chi connectivity index (χ0v) is 16.7. The van der Waals surface area contributed by atoms with E-state index in [9.17, 15) is 0 Å². The Morgan fingerprint density at radius 1 is 1.16 bits per heavy atom. The Hall–Kier alpha value is -1.76. The maximum Gasteiger partial charge on any atom is 0.174 e. The third-order valence-electron chi connectivity index (χ3n) is 4.37. The van der Waals surface area contributed by atoms with Crippen LogP contribution in [-0.2, 0) is 0 Å². The van der Waals surface area contributed by atoms with Crippen LogP contribution in [0.5, 0.6) is 0 Å². The lowest BCUT2D eigenvalue weighted by Gasteiger charge is -2.27. The van der Waals surface area contributed by atoms with Crippen molar-refractivity contribution >= 4 is 50.3 Å². The monoisotopic (exact) mass is 429 g/mol. The Kier molecular flexibility index (Phi) is 4.58. The van der Waals surface area contributed by atoms with Gasteiger partial charge in [0.15, 0.2) is 5.11 Å². The second kappa shape index (κ2) is 6.86. The van der Waals surface area contributed by atoms with E-state index in [0.717, 1.165) is 21.0 Å². The quantitative estimate of drug-likeness (QED) is 0.564. The highest BCUT2D eigenvalue weighted by Gasteiger charge is 2.41. The van der Waals surface area contributed by atoms with E-state index >= 15 is 0 Å². The van der Waals surface area contributed by atoms with E-state index in [1.54, 1.807) is 11.3 Å². The highest BCUT2D eigenvalue weighted by molar-refractivity contribution is 9.10. The average molecular weight is 430 g/mol. The molecule has 0 bridgehead atoms. The van der Waals surface area contributed by atoms with Crippen LogP contribution in [0.4, 0.5) is 5.69 Å². The number of nitrogens with zero attached hydrogens (tertiary/aromatic N) is 2. The molecule has 126 valence electrons.